The second-order valence-corrected chi connectivity index (χ2v) is 8.42. The highest BCUT2D eigenvalue weighted by atomic mass is 16.5. The van der Waals surface area contributed by atoms with E-state index in [0.717, 1.165) is 25.9 Å². The second kappa shape index (κ2) is 12.4. The maximum absolute atomic E-state index is 12.5. The van der Waals surface area contributed by atoms with Gasteiger partial charge in [-0.1, -0.05) is 12.1 Å². The minimum atomic E-state index is -0.594. The molecule has 1 aliphatic rings. The van der Waals surface area contributed by atoms with Crippen molar-refractivity contribution in [2.45, 2.75) is 25.9 Å². The van der Waals surface area contributed by atoms with E-state index < -0.39 is 5.91 Å². The molecule has 0 unspecified atom stereocenters. The number of ether oxygens (including phenoxy) is 2. The molecule has 2 amide bonds. The Morgan fingerprint density at radius 2 is 1.75 bits per heavy atom. The summed E-state index contributed by atoms with van der Waals surface area (Å²) < 4.78 is 11.8. The number of rotatable bonds is 10. The van der Waals surface area contributed by atoms with E-state index in [1.165, 1.54) is 12.2 Å². The van der Waals surface area contributed by atoms with Gasteiger partial charge in [-0.25, -0.2) is 0 Å². The van der Waals surface area contributed by atoms with Crippen LogP contribution in [-0.4, -0.2) is 60.7 Å². The Kier molecular flexibility index (Phi) is 9.04. The first kappa shape index (κ1) is 26.3. The highest BCUT2D eigenvalue weighted by molar-refractivity contribution is 5.96. The molecule has 0 bridgehead atoms. The maximum atomic E-state index is 12.5. The molecule has 0 atom stereocenters. The molecule has 190 valence electrons. The summed E-state index contributed by atoms with van der Waals surface area (Å²) in [7, 11) is 0. The fourth-order valence-corrected chi connectivity index (χ4v) is 3.75. The molecule has 36 heavy (non-hydrogen) atoms. The number of likely N-dealkylation sites (tertiary alicyclic amines) is 1. The predicted octanol–water partition coefficient (Wildman–Crippen LogP) is 2.12. The van der Waals surface area contributed by atoms with Crippen LogP contribution in [0.5, 0.6) is 11.5 Å². The number of hydrogen-bond acceptors (Lipinski definition) is 6. The van der Waals surface area contributed by atoms with Crippen molar-refractivity contribution >= 4 is 29.6 Å². The zero-order valence-corrected chi connectivity index (χ0v) is 20.3. The van der Waals surface area contributed by atoms with Crippen LogP contribution in [0.15, 0.2) is 48.5 Å². The molecular weight excluding hydrogens is 460 g/mol. The van der Waals surface area contributed by atoms with Crippen LogP contribution in [0.3, 0.4) is 0 Å². The molecule has 0 aromatic heterocycles. The molecule has 0 spiro atoms. The SMILES string of the molecule is CC(=N)N1CCC(Oc2ccc(C(=O)NCCOc3cc(C(=N)N)ccc3/C=C/C(N)=O)cc2)CC1. The van der Waals surface area contributed by atoms with Crippen LogP contribution >= 0.6 is 0 Å². The first-order valence-electron chi connectivity index (χ1n) is 11.7. The Labute approximate surface area is 210 Å². The molecule has 1 aliphatic heterocycles. The van der Waals surface area contributed by atoms with Gasteiger partial charge >= 0.3 is 0 Å². The predicted molar refractivity (Wildman–Crippen MR) is 139 cm³/mol. The van der Waals surface area contributed by atoms with E-state index in [9.17, 15) is 9.59 Å². The van der Waals surface area contributed by atoms with E-state index in [1.807, 2.05) is 4.90 Å². The summed E-state index contributed by atoms with van der Waals surface area (Å²) in [6, 6.07) is 11.9. The zero-order chi connectivity index (χ0) is 26.1. The average Bonchev–Trinajstić information content (AvgIpc) is 2.86. The summed E-state index contributed by atoms with van der Waals surface area (Å²) in [6.07, 6.45) is 4.54. The first-order valence-corrected chi connectivity index (χ1v) is 11.7. The monoisotopic (exact) mass is 492 g/mol. The molecular formula is C26H32N6O4. The van der Waals surface area contributed by atoms with Crippen LogP contribution in [0.1, 0.15) is 41.3 Å². The van der Waals surface area contributed by atoms with Crippen molar-refractivity contribution in [2.24, 2.45) is 11.5 Å². The molecule has 3 rings (SSSR count). The van der Waals surface area contributed by atoms with Crippen molar-refractivity contribution in [3.05, 3.63) is 65.2 Å². The van der Waals surface area contributed by atoms with Gasteiger partial charge < -0.3 is 31.2 Å². The van der Waals surface area contributed by atoms with Crippen molar-refractivity contribution in [1.29, 1.82) is 10.8 Å². The Morgan fingerprint density at radius 3 is 2.36 bits per heavy atom. The molecule has 0 radical (unpaired) electrons. The number of nitrogens with two attached hydrogens (primary N) is 2. The van der Waals surface area contributed by atoms with Gasteiger partial charge in [-0.2, -0.15) is 0 Å². The van der Waals surface area contributed by atoms with E-state index in [-0.39, 0.29) is 31.0 Å². The van der Waals surface area contributed by atoms with Gasteiger partial charge in [-0.05, 0) is 43.3 Å². The molecule has 1 heterocycles. The maximum Gasteiger partial charge on any atom is 0.251 e. The third-order valence-electron chi connectivity index (χ3n) is 5.73. The Bertz CT molecular complexity index is 1140. The number of carbonyl (C=O) groups is 2. The lowest BCUT2D eigenvalue weighted by atomic mass is 10.1. The third kappa shape index (κ3) is 7.59. The Hall–Kier alpha value is -4.34. The lowest BCUT2D eigenvalue weighted by Crippen LogP contribution is -2.40. The fraction of sp³-hybridized carbons (Fsp3) is 0.308. The van der Waals surface area contributed by atoms with Crippen molar-refractivity contribution in [1.82, 2.24) is 10.2 Å². The Morgan fingerprint density at radius 1 is 1.08 bits per heavy atom. The normalized spacial score (nSPS) is 13.9. The molecule has 2 aromatic rings. The van der Waals surface area contributed by atoms with Crippen molar-refractivity contribution in [3.63, 3.8) is 0 Å². The lowest BCUT2D eigenvalue weighted by molar-refractivity contribution is -0.113. The number of amides is 2. The molecule has 2 aromatic carbocycles. The fourth-order valence-electron chi connectivity index (χ4n) is 3.75. The topological polar surface area (TPSA) is 168 Å². The molecule has 10 heteroatoms. The molecule has 0 saturated carbocycles. The number of nitrogens with one attached hydrogen (secondary N) is 3. The number of benzene rings is 2. The standard InChI is InChI=1S/C26H32N6O4/c1-17(27)32-13-10-22(11-14-32)36-21-7-4-19(5-8-21)26(34)31-12-15-35-23-16-20(25(29)30)3-2-18(23)6-9-24(28)33/h2-9,16,22,27H,10-15H2,1H3,(H2,28,33)(H3,29,30)(H,31,34)/b9-6+,27-17?. The van der Waals surface area contributed by atoms with Crippen molar-refractivity contribution in [2.75, 3.05) is 26.2 Å². The minimum Gasteiger partial charge on any atom is -0.491 e. The number of amidine groups is 2. The van der Waals surface area contributed by atoms with Gasteiger partial charge in [-0.3, -0.25) is 20.4 Å². The van der Waals surface area contributed by atoms with Gasteiger partial charge in [0.05, 0.1) is 12.4 Å². The number of hydrogen-bond donors (Lipinski definition) is 5. The van der Waals surface area contributed by atoms with Gasteiger partial charge in [0.1, 0.15) is 30.0 Å². The molecule has 0 aliphatic carbocycles. The molecule has 1 saturated heterocycles. The third-order valence-corrected chi connectivity index (χ3v) is 5.73. The number of carbonyl (C=O) groups excluding carboxylic acids is 2. The van der Waals surface area contributed by atoms with Crippen LogP contribution in [0.4, 0.5) is 0 Å². The average molecular weight is 493 g/mol. The van der Waals surface area contributed by atoms with Gasteiger partial charge in [-0.15, -0.1) is 0 Å². The summed E-state index contributed by atoms with van der Waals surface area (Å²) in [5.74, 6) is 0.756. The summed E-state index contributed by atoms with van der Waals surface area (Å²) in [6.45, 7) is 3.82. The van der Waals surface area contributed by atoms with Crippen LogP contribution in [-0.2, 0) is 4.79 Å². The van der Waals surface area contributed by atoms with Crippen molar-refractivity contribution in [3.8, 4) is 11.5 Å². The summed E-state index contributed by atoms with van der Waals surface area (Å²) in [4.78, 5) is 25.6. The van der Waals surface area contributed by atoms with E-state index in [0.29, 0.717) is 34.0 Å². The van der Waals surface area contributed by atoms with Crippen LogP contribution in [0, 0.1) is 10.8 Å². The number of nitrogens with zero attached hydrogens (tertiary/aromatic N) is 1. The van der Waals surface area contributed by atoms with Gasteiger partial charge in [0.25, 0.3) is 5.91 Å². The summed E-state index contributed by atoms with van der Waals surface area (Å²) >= 11 is 0. The number of piperidine rings is 1. The quantitative estimate of drug-likeness (QED) is 0.147. The van der Waals surface area contributed by atoms with Crippen LogP contribution < -0.4 is 26.3 Å². The Balaban J connectivity index is 1.49. The van der Waals surface area contributed by atoms with Crippen LogP contribution in [0.25, 0.3) is 6.08 Å². The summed E-state index contributed by atoms with van der Waals surface area (Å²) in [5, 5.41) is 18.1. The van der Waals surface area contributed by atoms with Gasteiger partial charge in [0.15, 0.2) is 0 Å². The highest BCUT2D eigenvalue weighted by Crippen LogP contribution is 2.22. The van der Waals surface area contributed by atoms with Crippen molar-refractivity contribution < 1.29 is 19.1 Å². The second-order valence-electron chi connectivity index (χ2n) is 8.42. The zero-order valence-electron chi connectivity index (χ0n) is 20.3. The van der Waals surface area contributed by atoms with Gasteiger partial charge in [0.2, 0.25) is 5.91 Å². The van der Waals surface area contributed by atoms with E-state index in [1.54, 1.807) is 49.4 Å². The molecule has 7 N–H and O–H groups in total. The van der Waals surface area contributed by atoms with E-state index in [2.05, 4.69) is 5.32 Å². The molecule has 1 fully saturated rings. The highest BCUT2D eigenvalue weighted by Gasteiger charge is 2.20. The first-order chi connectivity index (χ1) is 17.2. The van der Waals surface area contributed by atoms with Crippen LogP contribution in [0.2, 0.25) is 0 Å². The largest absolute Gasteiger partial charge is 0.491 e. The number of primary amides is 1. The van der Waals surface area contributed by atoms with E-state index in [4.69, 9.17) is 31.8 Å². The molecule has 10 nitrogen and oxygen atoms in total. The van der Waals surface area contributed by atoms with Gasteiger partial charge in [0, 0.05) is 48.7 Å². The number of nitrogen functional groups attached to an aromatic ring is 1. The minimum absolute atomic E-state index is 0.0987. The smallest absolute Gasteiger partial charge is 0.251 e. The summed E-state index contributed by atoms with van der Waals surface area (Å²) in [5.41, 5.74) is 12.3. The van der Waals surface area contributed by atoms with E-state index >= 15 is 0 Å². The lowest BCUT2D eigenvalue weighted by Gasteiger charge is -2.32.